The second kappa shape index (κ2) is 4.07. The smallest absolute Gasteiger partial charge is 0.121 e. The van der Waals surface area contributed by atoms with E-state index >= 15 is 0 Å². The van der Waals surface area contributed by atoms with Crippen molar-refractivity contribution in [2.24, 2.45) is 11.7 Å². The molecule has 2 nitrogen and oxygen atoms in total. The predicted octanol–water partition coefficient (Wildman–Crippen LogP) is 3.27. The molecule has 3 heteroatoms. The largest absolute Gasteiger partial charge is 0.468 e. The van der Waals surface area contributed by atoms with Gasteiger partial charge in [-0.1, -0.05) is 6.92 Å². The highest BCUT2D eigenvalue weighted by atomic mass is 79.9. The van der Waals surface area contributed by atoms with Gasteiger partial charge in [-0.2, -0.15) is 0 Å². The number of furan rings is 1. The van der Waals surface area contributed by atoms with Crippen molar-refractivity contribution in [2.75, 3.05) is 0 Å². The molecule has 1 fully saturated rings. The first kappa shape index (κ1) is 10.2. The van der Waals surface area contributed by atoms with Gasteiger partial charge in [-0.15, -0.1) is 0 Å². The first-order valence-electron chi connectivity index (χ1n) is 5.17. The normalized spacial score (nSPS) is 33.2. The molecule has 3 atom stereocenters. The second-order valence-electron chi connectivity index (χ2n) is 4.29. The van der Waals surface area contributed by atoms with Crippen LogP contribution in [0.25, 0.3) is 0 Å². The van der Waals surface area contributed by atoms with Crippen LogP contribution in [0.4, 0.5) is 0 Å². The standard InChI is InChI=1S/C11H16BrNO/c1-7-2-3-8(13)6-9(7)11-10(12)4-5-14-11/h4-5,7-9H,2-3,6,13H2,1H3. The fourth-order valence-electron chi connectivity index (χ4n) is 2.29. The highest BCUT2D eigenvalue weighted by Gasteiger charge is 2.30. The molecule has 1 aromatic rings. The molecule has 2 N–H and O–H groups in total. The van der Waals surface area contributed by atoms with Crippen molar-refractivity contribution >= 4 is 15.9 Å². The molecule has 0 spiro atoms. The molecular formula is C11H16BrNO. The minimum Gasteiger partial charge on any atom is -0.468 e. The van der Waals surface area contributed by atoms with E-state index in [2.05, 4.69) is 22.9 Å². The molecular weight excluding hydrogens is 242 g/mol. The van der Waals surface area contributed by atoms with Crippen molar-refractivity contribution in [1.82, 2.24) is 0 Å². The Hall–Kier alpha value is -0.280. The Labute approximate surface area is 93.0 Å². The number of hydrogen-bond donors (Lipinski definition) is 1. The van der Waals surface area contributed by atoms with Gasteiger partial charge in [0.1, 0.15) is 5.76 Å². The van der Waals surface area contributed by atoms with E-state index in [1.807, 2.05) is 6.07 Å². The maximum absolute atomic E-state index is 5.99. The average molecular weight is 258 g/mol. The lowest BCUT2D eigenvalue weighted by Crippen LogP contribution is -2.31. The quantitative estimate of drug-likeness (QED) is 0.839. The fraction of sp³-hybridized carbons (Fsp3) is 0.636. The van der Waals surface area contributed by atoms with Gasteiger partial charge in [0.2, 0.25) is 0 Å². The minimum atomic E-state index is 0.341. The van der Waals surface area contributed by atoms with Crippen molar-refractivity contribution in [2.45, 2.75) is 38.1 Å². The van der Waals surface area contributed by atoms with E-state index in [4.69, 9.17) is 10.2 Å². The lowest BCUT2D eigenvalue weighted by molar-refractivity contribution is 0.266. The van der Waals surface area contributed by atoms with E-state index in [0.717, 1.165) is 23.1 Å². The van der Waals surface area contributed by atoms with Crippen molar-refractivity contribution in [1.29, 1.82) is 0 Å². The summed E-state index contributed by atoms with van der Waals surface area (Å²) in [5, 5.41) is 0. The van der Waals surface area contributed by atoms with Crippen molar-refractivity contribution in [3.8, 4) is 0 Å². The molecule has 0 radical (unpaired) electrons. The maximum Gasteiger partial charge on any atom is 0.121 e. The SMILES string of the molecule is CC1CCC(N)CC1c1occc1Br. The molecule has 14 heavy (non-hydrogen) atoms. The van der Waals surface area contributed by atoms with Crippen LogP contribution >= 0.6 is 15.9 Å². The fourth-order valence-corrected chi connectivity index (χ4v) is 2.79. The third kappa shape index (κ3) is 1.89. The number of hydrogen-bond acceptors (Lipinski definition) is 2. The Morgan fingerprint density at radius 2 is 2.29 bits per heavy atom. The van der Waals surface area contributed by atoms with Crippen LogP contribution in [0.3, 0.4) is 0 Å². The molecule has 0 aromatic carbocycles. The topological polar surface area (TPSA) is 39.2 Å². The van der Waals surface area contributed by atoms with E-state index in [1.54, 1.807) is 6.26 Å². The summed E-state index contributed by atoms with van der Waals surface area (Å²) in [7, 11) is 0. The molecule has 3 unspecified atom stereocenters. The number of nitrogens with two attached hydrogens (primary N) is 1. The molecule has 0 amide bonds. The van der Waals surface area contributed by atoms with Gasteiger partial charge in [-0.3, -0.25) is 0 Å². The third-order valence-corrected chi connectivity index (χ3v) is 3.87. The van der Waals surface area contributed by atoms with E-state index in [9.17, 15) is 0 Å². The zero-order valence-electron chi connectivity index (χ0n) is 8.37. The van der Waals surface area contributed by atoms with Crippen LogP contribution < -0.4 is 5.73 Å². The van der Waals surface area contributed by atoms with Gasteiger partial charge in [0.25, 0.3) is 0 Å². The van der Waals surface area contributed by atoms with E-state index in [1.165, 1.54) is 6.42 Å². The Balaban J connectivity index is 2.20. The second-order valence-corrected chi connectivity index (χ2v) is 5.14. The van der Waals surface area contributed by atoms with Gasteiger partial charge in [0, 0.05) is 12.0 Å². The lowest BCUT2D eigenvalue weighted by Gasteiger charge is -2.31. The Kier molecular flexibility index (Phi) is 2.98. The van der Waals surface area contributed by atoms with Crippen LogP contribution in [0.15, 0.2) is 21.2 Å². The van der Waals surface area contributed by atoms with Crippen LogP contribution in [0.2, 0.25) is 0 Å². The van der Waals surface area contributed by atoms with Gasteiger partial charge in [0.15, 0.2) is 0 Å². The van der Waals surface area contributed by atoms with Gasteiger partial charge >= 0.3 is 0 Å². The summed E-state index contributed by atoms with van der Waals surface area (Å²) in [5.41, 5.74) is 5.99. The molecule has 1 aromatic heterocycles. The van der Waals surface area contributed by atoms with Crippen LogP contribution in [-0.2, 0) is 0 Å². The predicted molar refractivity (Wildman–Crippen MR) is 60.1 cm³/mol. The molecule has 0 bridgehead atoms. The van der Waals surface area contributed by atoms with Crippen molar-refractivity contribution < 1.29 is 4.42 Å². The summed E-state index contributed by atoms with van der Waals surface area (Å²) < 4.78 is 6.61. The zero-order valence-corrected chi connectivity index (χ0v) is 9.96. The Bertz CT molecular complexity index is 310. The van der Waals surface area contributed by atoms with Crippen LogP contribution in [0.5, 0.6) is 0 Å². The van der Waals surface area contributed by atoms with E-state index in [0.29, 0.717) is 17.9 Å². The molecule has 0 aliphatic heterocycles. The molecule has 2 rings (SSSR count). The van der Waals surface area contributed by atoms with E-state index in [-0.39, 0.29) is 0 Å². The molecule has 1 aliphatic carbocycles. The van der Waals surface area contributed by atoms with Crippen LogP contribution in [0, 0.1) is 5.92 Å². The highest BCUT2D eigenvalue weighted by Crippen LogP contribution is 2.40. The van der Waals surface area contributed by atoms with Gasteiger partial charge in [-0.25, -0.2) is 0 Å². The van der Waals surface area contributed by atoms with Gasteiger partial charge < -0.3 is 10.2 Å². The minimum absolute atomic E-state index is 0.341. The number of halogens is 1. The monoisotopic (exact) mass is 257 g/mol. The molecule has 1 saturated carbocycles. The zero-order chi connectivity index (χ0) is 10.1. The van der Waals surface area contributed by atoms with E-state index < -0.39 is 0 Å². The summed E-state index contributed by atoms with van der Waals surface area (Å²) in [4.78, 5) is 0. The maximum atomic E-state index is 5.99. The third-order valence-electron chi connectivity index (χ3n) is 3.22. The summed E-state index contributed by atoms with van der Waals surface area (Å²) in [6, 6.07) is 2.30. The first-order chi connectivity index (χ1) is 6.68. The molecule has 0 saturated heterocycles. The van der Waals surface area contributed by atoms with Gasteiger partial charge in [0.05, 0.1) is 10.7 Å². The summed E-state index contributed by atoms with van der Waals surface area (Å²) in [6.07, 6.45) is 5.15. The van der Waals surface area contributed by atoms with Crippen molar-refractivity contribution in [3.05, 3.63) is 22.6 Å². The summed E-state index contributed by atoms with van der Waals surface area (Å²) >= 11 is 3.51. The van der Waals surface area contributed by atoms with Crippen LogP contribution in [0.1, 0.15) is 37.9 Å². The summed E-state index contributed by atoms with van der Waals surface area (Å²) in [5.74, 6) is 2.24. The molecule has 1 heterocycles. The first-order valence-corrected chi connectivity index (χ1v) is 5.96. The van der Waals surface area contributed by atoms with Crippen molar-refractivity contribution in [3.63, 3.8) is 0 Å². The lowest BCUT2D eigenvalue weighted by atomic mass is 9.77. The molecule has 78 valence electrons. The van der Waals surface area contributed by atoms with Gasteiger partial charge in [-0.05, 0) is 47.2 Å². The highest BCUT2D eigenvalue weighted by molar-refractivity contribution is 9.10. The van der Waals surface area contributed by atoms with Crippen LogP contribution in [-0.4, -0.2) is 6.04 Å². The average Bonchev–Trinajstić information content (AvgIpc) is 2.56. The molecule has 1 aliphatic rings. The summed E-state index contributed by atoms with van der Waals surface area (Å²) in [6.45, 7) is 2.28. The Morgan fingerprint density at radius 3 is 2.93 bits per heavy atom. The Morgan fingerprint density at radius 1 is 1.50 bits per heavy atom. The number of rotatable bonds is 1.